The number of amides is 1. The van der Waals surface area contributed by atoms with E-state index in [1.165, 1.54) is 24.8 Å². The number of carbonyl (C=O) groups excluding carboxylic acids is 1. The summed E-state index contributed by atoms with van der Waals surface area (Å²) in [4.78, 5) is 15.2. The third-order valence-corrected chi connectivity index (χ3v) is 5.89. The first-order chi connectivity index (χ1) is 11.8. The fraction of sp³-hybridized carbons (Fsp3) is 0.409. The van der Waals surface area contributed by atoms with Gasteiger partial charge in [-0.2, -0.15) is 0 Å². The van der Waals surface area contributed by atoms with E-state index in [0.717, 1.165) is 24.9 Å². The first-order valence-electron chi connectivity index (χ1n) is 9.25. The fourth-order valence-corrected chi connectivity index (χ4v) is 4.77. The summed E-state index contributed by atoms with van der Waals surface area (Å²) in [6.45, 7) is 0.883. The van der Waals surface area contributed by atoms with Crippen molar-refractivity contribution in [2.45, 2.75) is 44.1 Å². The maximum Gasteiger partial charge on any atom is 0.254 e. The van der Waals surface area contributed by atoms with Gasteiger partial charge in [0.25, 0.3) is 5.91 Å². The molecule has 1 aliphatic heterocycles. The van der Waals surface area contributed by atoms with Gasteiger partial charge in [-0.05, 0) is 48.8 Å². The van der Waals surface area contributed by atoms with Crippen molar-refractivity contribution < 1.29 is 4.79 Å². The number of hydrogen-bond donors (Lipinski definition) is 0. The van der Waals surface area contributed by atoms with Gasteiger partial charge in [-0.1, -0.05) is 61.4 Å². The highest BCUT2D eigenvalue weighted by atomic mass is 16.2. The van der Waals surface area contributed by atoms with Gasteiger partial charge in [0.15, 0.2) is 0 Å². The van der Waals surface area contributed by atoms with E-state index in [-0.39, 0.29) is 5.91 Å². The van der Waals surface area contributed by atoms with Crippen molar-refractivity contribution in [3.05, 3.63) is 71.8 Å². The Balaban J connectivity index is 1.60. The van der Waals surface area contributed by atoms with Gasteiger partial charge in [0, 0.05) is 18.2 Å². The Morgan fingerprint density at radius 3 is 2.25 bits per heavy atom. The summed E-state index contributed by atoms with van der Waals surface area (Å²) in [5.74, 6) is 1.44. The topological polar surface area (TPSA) is 20.3 Å². The third kappa shape index (κ3) is 2.86. The number of nitrogens with zero attached hydrogens (tertiary/aromatic N) is 1. The van der Waals surface area contributed by atoms with Crippen molar-refractivity contribution >= 4 is 5.91 Å². The van der Waals surface area contributed by atoms with Crippen LogP contribution in [0, 0.1) is 5.92 Å². The summed E-state index contributed by atoms with van der Waals surface area (Å²) in [6, 6.07) is 21.1. The highest BCUT2D eigenvalue weighted by Crippen LogP contribution is 2.44. The number of hydrogen-bond acceptors (Lipinski definition) is 1. The van der Waals surface area contributed by atoms with Gasteiger partial charge >= 0.3 is 0 Å². The molecule has 2 aliphatic rings. The monoisotopic (exact) mass is 319 g/mol. The Hall–Kier alpha value is -2.09. The van der Waals surface area contributed by atoms with E-state index in [0.29, 0.717) is 17.9 Å². The fourth-order valence-electron chi connectivity index (χ4n) is 4.77. The Morgan fingerprint density at radius 2 is 1.50 bits per heavy atom. The van der Waals surface area contributed by atoms with E-state index in [2.05, 4.69) is 35.2 Å². The van der Waals surface area contributed by atoms with Crippen molar-refractivity contribution in [1.29, 1.82) is 0 Å². The van der Waals surface area contributed by atoms with Gasteiger partial charge in [-0.25, -0.2) is 0 Å². The zero-order valence-corrected chi connectivity index (χ0v) is 14.1. The summed E-state index contributed by atoms with van der Waals surface area (Å²) < 4.78 is 0. The Labute approximate surface area is 144 Å². The van der Waals surface area contributed by atoms with E-state index in [1.807, 2.05) is 30.3 Å². The number of piperidine rings is 1. The zero-order valence-electron chi connectivity index (χ0n) is 14.1. The Morgan fingerprint density at radius 1 is 0.833 bits per heavy atom. The number of carbonyl (C=O) groups is 1. The minimum Gasteiger partial charge on any atom is -0.335 e. The maximum absolute atomic E-state index is 13.0. The average molecular weight is 319 g/mol. The van der Waals surface area contributed by atoms with Crippen molar-refractivity contribution in [2.24, 2.45) is 5.92 Å². The first kappa shape index (κ1) is 15.4. The molecule has 24 heavy (non-hydrogen) atoms. The summed E-state index contributed by atoms with van der Waals surface area (Å²) in [5.41, 5.74) is 2.29. The van der Waals surface area contributed by atoms with Crippen molar-refractivity contribution in [1.82, 2.24) is 4.90 Å². The molecule has 1 saturated carbocycles. The standard InChI is InChI=1S/C22H25NO/c24-22(18-11-5-2-6-12-18)23-16-15-19(17-9-3-1-4-10-17)20-13-7-8-14-21(20)23/h1-6,9-12,19-21H,7-8,13-16H2. The molecular weight excluding hydrogens is 294 g/mol. The van der Waals surface area contributed by atoms with Crippen LogP contribution in [0.3, 0.4) is 0 Å². The van der Waals surface area contributed by atoms with Crippen LogP contribution in [0.2, 0.25) is 0 Å². The van der Waals surface area contributed by atoms with Gasteiger partial charge < -0.3 is 4.90 Å². The van der Waals surface area contributed by atoms with E-state index < -0.39 is 0 Å². The normalized spacial score (nSPS) is 26.7. The predicted octanol–water partition coefficient (Wildman–Crippen LogP) is 4.88. The van der Waals surface area contributed by atoms with Gasteiger partial charge in [0.1, 0.15) is 0 Å². The largest absolute Gasteiger partial charge is 0.335 e. The lowest BCUT2D eigenvalue weighted by atomic mass is 9.69. The van der Waals surface area contributed by atoms with E-state index >= 15 is 0 Å². The molecule has 1 aliphatic carbocycles. The molecule has 2 aromatic carbocycles. The molecule has 1 heterocycles. The van der Waals surface area contributed by atoms with E-state index in [9.17, 15) is 4.79 Å². The molecule has 0 spiro atoms. The average Bonchev–Trinajstić information content (AvgIpc) is 2.68. The second-order valence-electron chi connectivity index (χ2n) is 7.19. The van der Waals surface area contributed by atoms with Crippen LogP contribution in [0.5, 0.6) is 0 Å². The predicted molar refractivity (Wildman–Crippen MR) is 97.0 cm³/mol. The molecule has 2 nitrogen and oxygen atoms in total. The van der Waals surface area contributed by atoms with Crippen molar-refractivity contribution in [3.63, 3.8) is 0 Å². The van der Waals surface area contributed by atoms with Crippen LogP contribution in [0.1, 0.15) is 53.9 Å². The van der Waals surface area contributed by atoms with Gasteiger partial charge in [-0.3, -0.25) is 4.79 Å². The molecule has 2 heteroatoms. The summed E-state index contributed by atoms with van der Waals surface area (Å²) in [7, 11) is 0. The van der Waals surface area contributed by atoms with Crippen LogP contribution in [0.15, 0.2) is 60.7 Å². The van der Waals surface area contributed by atoms with Crippen LogP contribution < -0.4 is 0 Å². The highest BCUT2D eigenvalue weighted by molar-refractivity contribution is 5.94. The van der Waals surface area contributed by atoms with Gasteiger partial charge in [-0.15, -0.1) is 0 Å². The number of likely N-dealkylation sites (tertiary alicyclic amines) is 1. The molecular formula is C22H25NO. The van der Waals surface area contributed by atoms with E-state index in [1.54, 1.807) is 0 Å². The lowest BCUT2D eigenvalue weighted by Crippen LogP contribution is -2.52. The maximum atomic E-state index is 13.0. The Bertz CT molecular complexity index is 682. The molecule has 0 bridgehead atoms. The van der Waals surface area contributed by atoms with Crippen LogP contribution in [-0.2, 0) is 0 Å². The van der Waals surface area contributed by atoms with Gasteiger partial charge in [0.2, 0.25) is 0 Å². The SMILES string of the molecule is O=C(c1ccccc1)N1CCC(c2ccccc2)C2CCCCC21. The summed E-state index contributed by atoms with van der Waals surface area (Å²) in [6.07, 6.45) is 6.05. The van der Waals surface area contributed by atoms with Gasteiger partial charge in [0.05, 0.1) is 0 Å². The summed E-state index contributed by atoms with van der Waals surface area (Å²) >= 11 is 0. The molecule has 2 fully saturated rings. The number of rotatable bonds is 2. The van der Waals surface area contributed by atoms with E-state index in [4.69, 9.17) is 0 Å². The molecule has 3 atom stereocenters. The smallest absolute Gasteiger partial charge is 0.254 e. The molecule has 124 valence electrons. The molecule has 1 amide bonds. The second kappa shape index (κ2) is 6.80. The zero-order chi connectivity index (χ0) is 16.4. The lowest BCUT2D eigenvalue weighted by molar-refractivity contribution is 0.0319. The summed E-state index contributed by atoms with van der Waals surface area (Å²) in [5, 5.41) is 0. The lowest BCUT2D eigenvalue weighted by Gasteiger charge is -2.48. The Kier molecular flexibility index (Phi) is 4.38. The van der Waals surface area contributed by atoms with Crippen LogP contribution in [0.4, 0.5) is 0 Å². The first-order valence-corrected chi connectivity index (χ1v) is 9.25. The minimum absolute atomic E-state index is 0.221. The molecule has 0 aromatic heterocycles. The highest BCUT2D eigenvalue weighted by Gasteiger charge is 2.41. The van der Waals surface area contributed by atoms with Crippen molar-refractivity contribution in [3.8, 4) is 0 Å². The quantitative estimate of drug-likeness (QED) is 0.773. The molecule has 1 saturated heterocycles. The third-order valence-electron chi connectivity index (χ3n) is 5.89. The molecule has 2 aromatic rings. The molecule has 3 unspecified atom stereocenters. The van der Waals surface area contributed by atoms with Crippen molar-refractivity contribution in [2.75, 3.05) is 6.54 Å². The van der Waals surface area contributed by atoms with Crippen LogP contribution in [-0.4, -0.2) is 23.4 Å². The second-order valence-corrected chi connectivity index (χ2v) is 7.19. The van der Waals surface area contributed by atoms with Crippen LogP contribution >= 0.6 is 0 Å². The minimum atomic E-state index is 0.221. The molecule has 0 radical (unpaired) electrons. The number of benzene rings is 2. The molecule has 0 N–H and O–H groups in total. The van der Waals surface area contributed by atoms with Crippen LogP contribution in [0.25, 0.3) is 0 Å². The molecule has 4 rings (SSSR count). The number of fused-ring (bicyclic) bond motifs is 1.